The van der Waals surface area contributed by atoms with Gasteiger partial charge in [-0.05, 0) is 19.0 Å². The van der Waals surface area contributed by atoms with E-state index in [-0.39, 0.29) is 17.4 Å². The Balaban J connectivity index is 2.49. The minimum atomic E-state index is -0.0969. The van der Waals surface area contributed by atoms with Crippen LogP contribution in [0.1, 0.15) is 20.3 Å². The van der Waals surface area contributed by atoms with E-state index in [0.717, 1.165) is 13.0 Å². The predicted molar refractivity (Wildman–Crippen MR) is 54.8 cm³/mol. The van der Waals surface area contributed by atoms with E-state index in [1.807, 2.05) is 11.9 Å². The van der Waals surface area contributed by atoms with Crippen LogP contribution in [0.15, 0.2) is 0 Å². The van der Waals surface area contributed by atoms with Crippen LogP contribution in [0.2, 0.25) is 0 Å². The number of carbonyl (C=O) groups is 1. The van der Waals surface area contributed by atoms with Gasteiger partial charge in [0.2, 0.25) is 0 Å². The summed E-state index contributed by atoms with van der Waals surface area (Å²) in [7, 11) is 1.95. The number of cyclic esters (lactones) is 1. The highest BCUT2D eigenvalue weighted by Gasteiger charge is 2.32. The number of nitrogens with zero attached hydrogens (tertiary/aromatic N) is 1. The van der Waals surface area contributed by atoms with E-state index in [2.05, 4.69) is 13.8 Å². The maximum Gasteiger partial charge on any atom is 0.323 e. The average Bonchev–Trinajstić information content (AvgIpc) is 2.51. The Morgan fingerprint density at radius 3 is 2.71 bits per heavy atom. The number of likely N-dealkylation sites (N-methyl/N-ethyl adjacent to an activating group) is 1. The molecule has 4 heteroatoms. The molecule has 0 aromatic carbocycles. The van der Waals surface area contributed by atoms with E-state index in [1.54, 1.807) is 0 Å². The number of hydrogen-bond acceptors (Lipinski definition) is 4. The first-order chi connectivity index (χ1) is 6.46. The number of ether oxygens (including phenoxy) is 1. The summed E-state index contributed by atoms with van der Waals surface area (Å²) in [5.41, 5.74) is 5.70. The first-order valence-electron chi connectivity index (χ1n) is 5.03. The third-order valence-corrected chi connectivity index (χ3v) is 2.67. The van der Waals surface area contributed by atoms with Gasteiger partial charge in [-0.2, -0.15) is 0 Å². The van der Waals surface area contributed by atoms with Crippen molar-refractivity contribution >= 4 is 5.97 Å². The molecule has 1 aliphatic heterocycles. The third-order valence-electron chi connectivity index (χ3n) is 2.67. The molecule has 0 aromatic rings. The summed E-state index contributed by atoms with van der Waals surface area (Å²) in [5.74, 6) is -0.0969. The first kappa shape index (κ1) is 11.5. The first-order valence-corrected chi connectivity index (χ1v) is 5.03. The van der Waals surface area contributed by atoms with E-state index >= 15 is 0 Å². The molecule has 0 radical (unpaired) electrons. The van der Waals surface area contributed by atoms with Crippen LogP contribution in [-0.4, -0.2) is 43.7 Å². The lowest BCUT2D eigenvalue weighted by Crippen LogP contribution is -2.43. The standard InChI is InChI=1S/C10H20N2O2/c1-10(2,6-11)7-12(3)8-4-5-14-9(8)13/h8H,4-7,11H2,1-3H3. The van der Waals surface area contributed by atoms with Crippen molar-refractivity contribution in [3.8, 4) is 0 Å². The van der Waals surface area contributed by atoms with Crippen molar-refractivity contribution in [1.82, 2.24) is 4.90 Å². The Morgan fingerprint density at radius 1 is 1.64 bits per heavy atom. The van der Waals surface area contributed by atoms with E-state index in [0.29, 0.717) is 13.2 Å². The molecule has 0 saturated carbocycles. The molecule has 82 valence electrons. The van der Waals surface area contributed by atoms with Crippen LogP contribution in [0.4, 0.5) is 0 Å². The van der Waals surface area contributed by atoms with Crippen molar-refractivity contribution < 1.29 is 9.53 Å². The Labute approximate surface area is 85.4 Å². The van der Waals surface area contributed by atoms with E-state index < -0.39 is 0 Å². The molecule has 4 nitrogen and oxygen atoms in total. The molecule has 1 heterocycles. The number of hydrogen-bond donors (Lipinski definition) is 1. The van der Waals surface area contributed by atoms with Crippen molar-refractivity contribution in [2.24, 2.45) is 11.1 Å². The quantitative estimate of drug-likeness (QED) is 0.659. The van der Waals surface area contributed by atoms with Crippen molar-refractivity contribution in [3.05, 3.63) is 0 Å². The molecule has 1 rings (SSSR count). The van der Waals surface area contributed by atoms with Crippen molar-refractivity contribution in [1.29, 1.82) is 0 Å². The lowest BCUT2D eigenvalue weighted by atomic mass is 9.92. The van der Waals surface area contributed by atoms with E-state index in [1.165, 1.54) is 0 Å². The molecule has 1 atom stereocenters. The summed E-state index contributed by atoms with van der Waals surface area (Å²) in [6.07, 6.45) is 0.802. The van der Waals surface area contributed by atoms with Gasteiger partial charge >= 0.3 is 5.97 Å². The second-order valence-corrected chi connectivity index (χ2v) is 4.76. The molecule has 0 aromatic heterocycles. The summed E-state index contributed by atoms with van der Waals surface area (Å²) >= 11 is 0. The largest absolute Gasteiger partial charge is 0.464 e. The molecule has 1 fully saturated rings. The van der Waals surface area contributed by atoms with Crippen molar-refractivity contribution in [3.63, 3.8) is 0 Å². The lowest BCUT2D eigenvalue weighted by Gasteiger charge is -2.31. The zero-order chi connectivity index (χ0) is 10.8. The van der Waals surface area contributed by atoms with Crippen LogP contribution >= 0.6 is 0 Å². The Kier molecular flexibility index (Phi) is 3.50. The normalized spacial score (nSPS) is 22.9. The SMILES string of the molecule is CN(CC(C)(C)CN)C1CCOC1=O. The molecule has 0 amide bonds. The van der Waals surface area contributed by atoms with Crippen LogP contribution in [0.25, 0.3) is 0 Å². The fourth-order valence-electron chi connectivity index (χ4n) is 1.74. The Hall–Kier alpha value is -0.610. The van der Waals surface area contributed by atoms with Crippen LogP contribution in [0, 0.1) is 5.41 Å². The van der Waals surface area contributed by atoms with Gasteiger partial charge in [-0.15, -0.1) is 0 Å². The van der Waals surface area contributed by atoms with Gasteiger partial charge in [0.1, 0.15) is 6.04 Å². The molecule has 0 spiro atoms. The Morgan fingerprint density at radius 2 is 2.29 bits per heavy atom. The molecule has 0 bridgehead atoms. The lowest BCUT2D eigenvalue weighted by molar-refractivity contribution is -0.142. The van der Waals surface area contributed by atoms with Crippen LogP contribution in [0.3, 0.4) is 0 Å². The molecule has 0 aliphatic carbocycles. The number of esters is 1. The fourth-order valence-corrected chi connectivity index (χ4v) is 1.74. The smallest absolute Gasteiger partial charge is 0.323 e. The summed E-state index contributed by atoms with van der Waals surface area (Å²) < 4.78 is 4.92. The van der Waals surface area contributed by atoms with E-state index in [4.69, 9.17) is 10.5 Å². The fraction of sp³-hybridized carbons (Fsp3) is 0.900. The number of rotatable bonds is 4. The topological polar surface area (TPSA) is 55.6 Å². The third kappa shape index (κ3) is 2.69. The minimum absolute atomic E-state index is 0.0532. The molecule has 2 N–H and O–H groups in total. The monoisotopic (exact) mass is 200 g/mol. The van der Waals surface area contributed by atoms with Crippen LogP contribution < -0.4 is 5.73 Å². The average molecular weight is 200 g/mol. The molecule has 1 aliphatic rings. The molecule has 14 heavy (non-hydrogen) atoms. The van der Waals surface area contributed by atoms with E-state index in [9.17, 15) is 4.79 Å². The predicted octanol–water partition coefficient (Wildman–Crippen LogP) is 0.219. The van der Waals surface area contributed by atoms with Crippen LogP contribution in [-0.2, 0) is 9.53 Å². The van der Waals surface area contributed by atoms with Gasteiger partial charge in [-0.1, -0.05) is 13.8 Å². The molecular formula is C10H20N2O2. The van der Waals surface area contributed by atoms with Crippen molar-refractivity contribution in [2.75, 3.05) is 26.7 Å². The van der Waals surface area contributed by atoms with Gasteiger partial charge in [0, 0.05) is 13.0 Å². The highest BCUT2D eigenvalue weighted by atomic mass is 16.5. The van der Waals surface area contributed by atoms with Gasteiger partial charge in [-0.3, -0.25) is 9.69 Å². The molecule has 1 saturated heterocycles. The van der Waals surface area contributed by atoms with Gasteiger partial charge in [-0.25, -0.2) is 0 Å². The molecular weight excluding hydrogens is 180 g/mol. The second kappa shape index (κ2) is 4.28. The zero-order valence-electron chi connectivity index (χ0n) is 9.25. The molecule has 1 unspecified atom stereocenters. The van der Waals surface area contributed by atoms with Gasteiger partial charge in [0.25, 0.3) is 0 Å². The summed E-state index contributed by atoms with van der Waals surface area (Å²) in [6.45, 7) is 6.20. The summed E-state index contributed by atoms with van der Waals surface area (Å²) in [4.78, 5) is 13.3. The highest BCUT2D eigenvalue weighted by Crippen LogP contribution is 2.19. The van der Waals surface area contributed by atoms with Crippen LogP contribution in [0.5, 0.6) is 0 Å². The Bertz CT molecular complexity index is 216. The summed E-state index contributed by atoms with van der Waals surface area (Å²) in [6, 6.07) is -0.0687. The van der Waals surface area contributed by atoms with Crippen molar-refractivity contribution in [2.45, 2.75) is 26.3 Å². The van der Waals surface area contributed by atoms with Gasteiger partial charge in [0.05, 0.1) is 6.61 Å². The maximum absolute atomic E-state index is 11.3. The maximum atomic E-state index is 11.3. The minimum Gasteiger partial charge on any atom is -0.464 e. The second-order valence-electron chi connectivity index (χ2n) is 4.76. The highest BCUT2D eigenvalue weighted by molar-refractivity contribution is 5.77. The van der Waals surface area contributed by atoms with Gasteiger partial charge < -0.3 is 10.5 Å². The van der Waals surface area contributed by atoms with Gasteiger partial charge in [0.15, 0.2) is 0 Å². The zero-order valence-corrected chi connectivity index (χ0v) is 9.25. The summed E-state index contributed by atoms with van der Waals surface area (Å²) in [5, 5.41) is 0. The number of nitrogens with two attached hydrogens (primary N) is 1. The number of carbonyl (C=O) groups excluding carboxylic acids is 1.